The van der Waals surface area contributed by atoms with E-state index in [0.717, 1.165) is 44.3 Å². The van der Waals surface area contributed by atoms with E-state index in [9.17, 15) is 4.79 Å². The molecule has 0 radical (unpaired) electrons. The fourth-order valence-corrected chi connectivity index (χ4v) is 2.42. The highest BCUT2D eigenvalue weighted by molar-refractivity contribution is 5.69. The third kappa shape index (κ3) is 4.32. The number of carbonyl (C=O) groups excluding carboxylic acids is 1. The van der Waals surface area contributed by atoms with Gasteiger partial charge in [0.2, 0.25) is 0 Å². The van der Waals surface area contributed by atoms with E-state index in [0.29, 0.717) is 13.0 Å². The van der Waals surface area contributed by atoms with Crippen molar-refractivity contribution >= 4 is 11.8 Å². The number of ether oxygens (including phenoxy) is 2. The van der Waals surface area contributed by atoms with E-state index < -0.39 is 0 Å². The normalized spacial score (nSPS) is 15.8. The summed E-state index contributed by atoms with van der Waals surface area (Å²) in [6.07, 6.45) is 2.24. The Hall–Kier alpha value is -1.82. The van der Waals surface area contributed by atoms with Gasteiger partial charge in [0.15, 0.2) is 11.6 Å². The smallest absolute Gasteiger partial charge is 0.306 e. The molecule has 0 unspecified atom stereocenters. The molecule has 21 heavy (non-hydrogen) atoms. The van der Waals surface area contributed by atoms with Crippen molar-refractivity contribution in [3.05, 3.63) is 18.3 Å². The summed E-state index contributed by atoms with van der Waals surface area (Å²) in [6.45, 7) is 6.97. The van der Waals surface area contributed by atoms with E-state index >= 15 is 0 Å². The summed E-state index contributed by atoms with van der Waals surface area (Å²) in [4.78, 5) is 20.1. The zero-order valence-electron chi connectivity index (χ0n) is 12.7. The van der Waals surface area contributed by atoms with Crippen molar-refractivity contribution in [3.63, 3.8) is 0 Å². The number of nitrogens with zero attached hydrogens (tertiary/aromatic N) is 3. The van der Waals surface area contributed by atoms with Crippen molar-refractivity contribution in [2.75, 3.05) is 51.3 Å². The van der Waals surface area contributed by atoms with Crippen LogP contribution < -0.4 is 9.64 Å². The van der Waals surface area contributed by atoms with E-state index in [1.807, 2.05) is 19.1 Å². The van der Waals surface area contributed by atoms with E-state index in [4.69, 9.17) is 4.74 Å². The Kier molecular flexibility index (Phi) is 5.80. The summed E-state index contributed by atoms with van der Waals surface area (Å²) < 4.78 is 10.3. The van der Waals surface area contributed by atoms with Crippen molar-refractivity contribution in [1.82, 2.24) is 9.88 Å². The number of methoxy groups -OCH3 is 1. The first kappa shape index (κ1) is 15.6. The summed E-state index contributed by atoms with van der Waals surface area (Å²) in [7, 11) is 1.43. The standard InChI is InChI=1S/C15H23N3O3/c1-3-21-13-5-4-7-16-15(13)18-11-9-17(10-12-18)8-6-14(19)20-2/h4-5,7H,3,6,8-12H2,1-2H3. The van der Waals surface area contributed by atoms with Gasteiger partial charge in [0, 0.05) is 38.9 Å². The Morgan fingerprint density at radius 3 is 2.76 bits per heavy atom. The van der Waals surface area contributed by atoms with Gasteiger partial charge in [-0.3, -0.25) is 9.69 Å². The summed E-state index contributed by atoms with van der Waals surface area (Å²) in [5, 5.41) is 0. The molecule has 1 aliphatic heterocycles. The van der Waals surface area contributed by atoms with E-state index in [1.54, 1.807) is 6.20 Å². The number of esters is 1. The molecule has 2 rings (SSSR count). The van der Waals surface area contributed by atoms with Gasteiger partial charge in [-0.25, -0.2) is 4.98 Å². The molecule has 0 aromatic carbocycles. The summed E-state index contributed by atoms with van der Waals surface area (Å²) in [5.74, 6) is 1.59. The highest BCUT2D eigenvalue weighted by Gasteiger charge is 2.21. The van der Waals surface area contributed by atoms with Gasteiger partial charge in [0.25, 0.3) is 0 Å². The number of rotatable bonds is 6. The van der Waals surface area contributed by atoms with Crippen LogP contribution in [0, 0.1) is 0 Å². The van der Waals surface area contributed by atoms with Crippen LogP contribution in [0.2, 0.25) is 0 Å². The molecule has 1 fully saturated rings. The second kappa shape index (κ2) is 7.83. The number of hydrogen-bond acceptors (Lipinski definition) is 6. The van der Waals surface area contributed by atoms with Gasteiger partial charge < -0.3 is 14.4 Å². The monoisotopic (exact) mass is 293 g/mol. The molecule has 1 aliphatic rings. The van der Waals surface area contributed by atoms with Crippen molar-refractivity contribution in [2.45, 2.75) is 13.3 Å². The number of piperazine rings is 1. The molecule has 1 aromatic rings. The molecule has 116 valence electrons. The number of anilines is 1. The van der Waals surface area contributed by atoms with Crippen LogP contribution in [-0.4, -0.2) is 62.3 Å². The van der Waals surface area contributed by atoms with Crippen LogP contribution in [0.1, 0.15) is 13.3 Å². The lowest BCUT2D eigenvalue weighted by molar-refractivity contribution is -0.141. The van der Waals surface area contributed by atoms with Crippen LogP contribution in [0.15, 0.2) is 18.3 Å². The summed E-state index contributed by atoms with van der Waals surface area (Å²) in [6, 6.07) is 3.84. The van der Waals surface area contributed by atoms with Crippen molar-refractivity contribution < 1.29 is 14.3 Å². The molecule has 0 amide bonds. The molecule has 0 aliphatic carbocycles. The highest BCUT2D eigenvalue weighted by Crippen LogP contribution is 2.26. The minimum absolute atomic E-state index is 0.152. The van der Waals surface area contributed by atoms with Crippen molar-refractivity contribution in [2.24, 2.45) is 0 Å². The average molecular weight is 293 g/mol. The lowest BCUT2D eigenvalue weighted by atomic mass is 10.2. The molecule has 6 heteroatoms. The molecule has 1 aromatic heterocycles. The molecule has 6 nitrogen and oxygen atoms in total. The molecule has 0 bridgehead atoms. The van der Waals surface area contributed by atoms with Gasteiger partial charge in [-0.2, -0.15) is 0 Å². The predicted molar refractivity (Wildman–Crippen MR) is 80.7 cm³/mol. The van der Waals surface area contributed by atoms with Gasteiger partial charge in [0.05, 0.1) is 20.1 Å². The zero-order chi connectivity index (χ0) is 15.1. The SMILES string of the molecule is CCOc1cccnc1N1CCN(CCC(=O)OC)CC1. The van der Waals surface area contributed by atoms with Crippen molar-refractivity contribution in [1.29, 1.82) is 0 Å². The molecule has 2 heterocycles. The highest BCUT2D eigenvalue weighted by atomic mass is 16.5. The van der Waals surface area contributed by atoms with E-state index in [-0.39, 0.29) is 5.97 Å². The van der Waals surface area contributed by atoms with Gasteiger partial charge in [-0.15, -0.1) is 0 Å². The maximum Gasteiger partial charge on any atom is 0.306 e. The first-order chi connectivity index (χ1) is 10.2. The lowest BCUT2D eigenvalue weighted by Crippen LogP contribution is -2.47. The Balaban J connectivity index is 1.87. The number of aromatic nitrogens is 1. The maximum absolute atomic E-state index is 11.2. The molecule has 0 N–H and O–H groups in total. The topological polar surface area (TPSA) is 54.9 Å². The number of hydrogen-bond donors (Lipinski definition) is 0. The number of carbonyl (C=O) groups is 1. The van der Waals surface area contributed by atoms with Crippen LogP contribution in [0.4, 0.5) is 5.82 Å². The van der Waals surface area contributed by atoms with Gasteiger partial charge in [-0.1, -0.05) is 0 Å². The molecular weight excluding hydrogens is 270 g/mol. The van der Waals surface area contributed by atoms with E-state index in [2.05, 4.69) is 19.5 Å². The first-order valence-corrected chi connectivity index (χ1v) is 7.36. The molecule has 0 atom stereocenters. The van der Waals surface area contributed by atoms with Gasteiger partial charge >= 0.3 is 5.97 Å². The lowest BCUT2D eigenvalue weighted by Gasteiger charge is -2.35. The van der Waals surface area contributed by atoms with Crippen LogP contribution in [0.5, 0.6) is 5.75 Å². The zero-order valence-corrected chi connectivity index (χ0v) is 12.7. The Bertz CT molecular complexity index is 459. The van der Waals surface area contributed by atoms with Crippen molar-refractivity contribution in [3.8, 4) is 5.75 Å². The first-order valence-electron chi connectivity index (χ1n) is 7.36. The minimum Gasteiger partial charge on any atom is -0.490 e. The third-order valence-corrected chi connectivity index (χ3v) is 3.58. The summed E-state index contributed by atoms with van der Waals surface area (Å²) in [5.41, 5.74) is 0. The Morgan fingerprint density at radius 1 is 1.33 bits per heavy atom. The van der Waals surface area contributed by atoms with Crippen LogP contribution in [0.25, 0.3) is 0 Å². The minimum atomic E-state index is -0.152. The average Bonchev–Trinajstić information content (AvgIpc) is 2.54. The largest absolute Gasteiger partial charge is 0.490 e. The fourth-order valence-electron chi connectivity index (χ4n) is 2.42. The molecule has 0 spiro atoms. The molecule has 0 saturated carbocycles. The summed E-state index contributed by atoms with van der Waals surface area (Å²) >= 11 is 0. The third-order valence-electron chi connectivity index (χ3n) is 3.58. The van der Waals surface area contributed by atoms with Gasteiger partial charge in [-0.05, 0) is 19.1 Å². The Labute approximate surface area is 125 Å². The molecule has 1 saturated heterocycles. The molecular formula is C15H23N3O3. The van der Waals surface area contributed by atoms with Crippen LogP contribution in [-0.2, 0) is 9.53 Å². The Morgan fingerprint density at radius 2 is 2.10 bits per heavy atom. The van der Waals surface area contributed by atoms with Crippen LogP contribution >= 0.6 is 0 Å². The van der Waals surface area contributed by atoms with E-state index in [1.165, 1.54) is 7.11 Å². The second-order valence-corrected chi connectivity index (χ2v) is 4.91. The van der Waals surface area contributed by atoms with Crippen LogP contribution in [0.3, 0.4) is 0 Å². The second-order valence-electron chi connectivity index (χ2n) is 4.91. The van der Waals surface area contributed by atoms with Gasteiger partial charge in [0.1, 0.15) is 0 Å². The fraction of sp³-hybridized carbons (Fsp3) is 0.600. The maximum atomic E-state index is 11.2. The predicted octanol–water partition coefficient (Wildman–Crippen LogP) is 1.17. The number of pyridine rings is 1. The quantitative estimate of drug-likeness (QED) is 0.734.